The highest BCUT2D eigenvalue weighted by atomic mass is 32.2. The lowest BCUT2D eigenvalue weighted by molar-refractivity contribution is 0.0986. The molecule has 4 rings (SSSR count). The summed E-state index contributed by atoms with van der Waals surface area (Å²) in [5, 5.41) is 0.638. The van der Waals surface area contributed by atoms with Crippen LogP contribution in [0, 0.1) is 0 Å². The van der Waals surface area contributed by atoms with Gasteiger partial charge in [0.2, 0.25) is 0 Å². The quantitative estimate of drug-likeness (QED) is 0.348. The number of aryl methyl sites for hydroxylation is 2. The zero-order valence-electron chi connectivity index (χ0n) is 18.6. The zero-order chi connectivity index (χ0) is 23.4. The topological polar surface area (TPSA) is 85.2 Å². The SMILES string of the molecule is CCc1ccc2nc(N(CCCn3ccnc3)C(=O)c3ccc(S(=O)(=O)CC)cc3)sc2c1. The molecule has 7 nitrogen and oxygen atoms in total. The predicted molar refractivity (Wildman–Crippen MR) is 132 cm³/mol. The van der Waals surface area contributed by atoms with E-state index in [2.05, 4.69) is 24.0 Å². The van der Waals surface area contributed by atoms with E-state index in [1.54, 1.807) is 36.5 Å². The van der Waals surface area contributed by atoms with Gasteiger partial charge in [-0.15, -0.1) is 0 Å². The molecule has 0 saturated heterocycles. The first-order valence-corrected chi connectivity index (χ1v) is 13.4. The summed E-state index contributed by atoms with van der Waals surface area (Å²) in [7, 11) is -3.32. The summed E-state index contributed by atoms with van der Waals surface area (Å²) in [6.07, 6.45) is 7.03. The first kappa shape index (κ1) is 23.1. The van der Waals surface area contributed by atoms with Crippen LogP contribution in [0.1, 0.15) is 36.2 Å². The Morgan fingerprint density at radius 2 is 1.91 bits per heavy atom. The number of hydrogen-bond donors (Lipinski definition) is 0. The molecule has 0 bridgehead atoms. The Hall–Kier alpha value is -3.04. The number of imidazole rings is 1. The molecule has 0 radical (unpaired) electrons. The molecule has 4 aromatic rings. The smallest absolute Gasteiger partial charge is 0.260 e. The monoisotopic (exact) mass is 482 g/mol. The van der Waals surface area contributed by atoms with Crippen molar-refractivity contribution in [2.45, 2.75) is 38.1 Å². The van der Waals surface area contributed by atoms with Crippen LogP contribution in [-0.2, 0) is 22.8 Å². The Kier molecular flexibility index (Phi) is 6.90. The lowest BCUT2D eigenvalue weighted by Gasteiger charge is -2.20. The average molecular weight is 483 g/mol. The summed E-state index contributed by atoms with van der Waals surface area (Å²) >= 11 is 1.50. The zero-order valence-corrected chi connectivity index (χ0v) is 20.3. The molecule has 0 aliphatic heterocycles. The van der Waals surface area contributed by atoms with Crippen LogP contribution < -0.4 is 4.90 Å². The fourth-order valence-corrected chi connectivity index (χ4v) is 5.47. The minimum absolute atomic E-state index is 0.0200. The van der Waals surface area contributed by atoms with E-state index >= 15 is 0 Å². The van der Waals surface area contributed by atoms with Gasteiger partial charge in [0.1, 0.15) is 0 Å². The van der Waals surface area contributed by atoms with Gasteiger partial charge in [0.25, 0.3) is 5.91 Å². The number of benzene rings is 2. The van der Waals surface area contributed by atoms with Gasteiger partial charge in [-0.3, -0.25) is 9.69 Å². The Bertz CT molecular complexity index is 1340. The van der Waals surface area contributed by atoms with Gasteiger partial charge in [-0.1, -0.05) is 31.3 Å². The molecule has 0 aliphatic rings. The maximum atomic E-state index is 13.5. The third-order valence-corrected chi connectivity index (χ3v) is 8.32. The molecule has 2 heterocycles. The summed E-state index contributed by atoms with van der Waals surface area (Å²) in [6, 6.07) is 12.3. The molecule has 0 fully saturated rings. The highest BCUT2D eigenvalue weighted by molar-refractivity contribution is 7.91. The van der Waals surface area contributed by atoms with E-state index < -0.39 is 9.84 Å². The van der Waals surface area contributed by atoms with Crippen LogP contribution in [0.15, 0.2) is 66.1 Å². The van der Waals surface area contributed by atoms with Crippen molar-refractivity contribution in [3.8, 4) is 0 Å². The van der Waals surface area contributed by atoms with Gasteiger partial charge in [-0.05, 0) is 54.8 Å². The van der Waals surface area contributed by atoms with Crippen molar-refractivity contribution in [1.82, 2.24) is 14.5 Å². The average Bonchev–Trinajstić information content (AvgIpc) is 3.50. The summed E-state index contributed by atoms with van der Waals surface area (Å²) in [6.45, 7) is 4.92. The van der Waals surface area contributed by atoms with E-state index in [0.717, 1.165) is 29.6 Å². The van der Waals surface area contributed by atoms with Gasteiger partial charge < -0.3 is 4.57 Å². The van der Waals surface area contributed by atoms with Gasteiger partial charge in [0, 0.05) is 31.0 Å². The first-order valence-electron chi connectivity index (χ1n) is 10.9. The number of rotatable bonds is 9. The Labute approximate surface area is 197 Å². The molecule has 0 unspecified atom stereocenters. The van der Waals surface area contributed by atoms with Crippen molar-refractivity contribution in [2.24, 2.45) is 0 Å². The number of sulfone groups is 1. The Morgan fingerprint density at radius 3 is 2.58 bits per heavy atom. The Balaban J connectivity index is 1.63. The third-order valence-electron chi connectivity index (χ3n) is 5.52. The van der Waals surface area contributed by atoms with Crippen molar-refractivity contribution in [3.63, 3.8) is 0 Å². The van der Waals surface area contributed by atoms with Gasteiger partial charge in [-0.25, -0.2) is 18.4 Å². The molecule has 1 amide bonds. The van der Waals surface area contributed by atoms with Crippen LogP contribution in [0.5, 0.6) is 0 Å². The van der Waals surface area contributed by atoms with E-state index in [9.17, 15) is 13.2 Å². The fraction of sp³-hybridized carbons (Fsp3) is 0.292. The van der Waals surface area contributed by atoms with Crippen molar-refractivity contribution < 1.29 is 13.2 Å². The van der Waals surface area contributed by atoms with Crippen LogP contribution in [0.3, 0.4) is 0 Å². The summed E-state index contributed by atoms with van der Waals surface area (Å²) in [4.78, 5) is 24.2. The number of aromatic nitrogens is 3. The molecule has 33 heavy (non-hydrogen) atoms. The second kappa shape index (κ2) is 9.84. The second-order valence-electron chi connectivity index (χ2n) is 7.69. The van der Waals surface area contributed by atoms with E-state index in [1.165, 1.54) is 29.0 Å². The largest absolute Gasteiger partial charge is 0.337 e. The molecule has 2 aromatic carbocycles. The number of fused-ring (bicyclic) bond motifs is 1. The second-order valence-corrected chi connectivity index (χ2v) is 11.0. The third kappa shape index (κ3) is 5.15. The van der Waals surface area contributed by atoms with Crippen molar-refractivity contribution in [1.29, 1.82) is 0 Å². The molecule has 0 aliphatic carbocycles. The molecule has 9 heteroatoms. The molecular formula is C24H26N4O3S2. The van der Waals surface area contributed by atoms with Crippen molar-refractivity contribution in [2.75, 3.05) is 17.2 Å². The number of nitrogens with zero attached hydrogens (tertiary/aromatic N) is 4. The van der Waals surface area contributed by atoms with Crippen LogP contribution >= 0.6 is 11.3 Å². The van der Waals surface area contributed by atoms with Gasteiger partial charge >= 0.3 is 0 Å². The summed E-state index contributed by atoms with van der Waals surface area (Å²) < 4.78 is 27.3. The van der Waals surface area contributed by atoms with E-state index in [1.807, 2.05) is 16.8 Å². The normalized spacial score (nSPS) is 11.7. The van der Waals surface area contributed by atoms with E-state index in [4.69, 9.17) is 4.98 Å². The number of hydrogen-bond acceptors (Lipinski definition) is 6. The first-order chi connectivity index (χ1) is 15.9. The highest BCUT2D eigenvalue weighted by Gasteiger charge is 2.22. The fourth-order valence-electron chi connectivity index (χ4n) is 3.53. The highest BCUT2D eigenvalue weighted by Crippen LogP contribution is 2.31. The predicted octanol–water partition coefficient (Wildman–Crippen LogP) is 4.59. The standard InChI is InChI=1S/C24H26N4O3S2/c1-3-18-6-11-21-22(16-18)32-24(26-21)28(14-5-13-27-15-12-25-17-27)23(29)19-7-9-20(10-8-19)33(30,31)4-2/h6-12,15-17H,3-5,13-14H2,1-2H3. The maximum absolute atomic E-state index is 13.5. The molecule has 0 spiro atoms. The van der Waals surface area contributed by atoms with Gasteiger partial charge in [0.15, 0.2) is 15.0 Å². The number of carbonyl (C=O) groups excluding carboxylic acids is 1. The number of anilines is 1. The Morgan fingerprint density at radius 1 is 1.12 bits per heavy atom. The van der Waals surface area contributed by atoms with Crippen LogP contribution in [-0.4, -0.2) is 41.2 Å². The van der Waals surface area contributed by atoms with Crippen molar-refractivity contribution >= 4 is 42.4 Å². The molecule has 0 saturated carbocycles. The lowest BCUT2D eigenvalue weighted by atomic mass is 10.2. The number of thiazole rings is 1. The maximum Gasteiger partial charge on any atom is 0.260 e. The molecule has 0 atom stereocenters. The van der Waals surface area contributed by atoms with E-state index in [0.29, 0.717) is 17.2 Å². The van der Waals surface area contributed by atoms with Gasteiger partial charge in [-0.2, -0.15) is 0 Å². The molecule has 2 aromatic heterocycles. The number of carbonyl (C=O) groups is 1. The van der Waals surface area contributed by atoms with Crippen LogP contribution in [0.2, 0.25) is 0 Å². The minimum atomic E-state index is -3.32. The lowest BCUT2D eigenvalue weighted by Crippen LogP contribution is -2.32. The van der Waals surface area contributed by atoms with E-state index in [-0.39, 0.29) is 16.6 Å². The molecular weight excluding hydrogens is 456 g/mol. The minimum Gasteiger partial charge on any atom is -0.337 e. The van der Waals surface area contributed by atoms with Gasteiger partial charge in [0.05, 0.1) is 27.2 Å². The van der Waals surface area contributed by atoms with Crippen LogP contribution in [0.25, 0.3) is 10.2 Å². The molecule has 0 N–H and O–H groups in total. The van der Waals surface area contributed by atoms with Crippen molar-refractivity contribution in [3.05, 3.63) is 72.3 Å². The number of amides is 1. The van der Waals surface area contributed by atoms with Crippen LogP contribution in [0.4, 0.5) is 5.13 Å². The molecule has 172 valence electrons. The summed E-state index contributed by atoms with van der Waals surface area (Å²) in [5.74, 6) is -0.178. The summed E-state index contributed by atoms with van der Waals surface area (Å²) in [5.41, 5.74) is 2.52.